The van der Waals surface area contributed by atoms with Crippen LogP contribution in [0.3, 0.4) is 0 Å². The van der Waals surface area contributed by atoms with Gasteiger partial charge in [-0.2, -0.15) is 0 Å². The summed E-state index contributed by atoms with van der Waals surface area (Å²) >= 11 is 1.80. The lowest BCUT2D eigenvalue weighted by molar-refractivity contribution is 1.16. The Kier molecular flexibility index (Phi) is 4.23. The van der Waals surface area contributed by atoms with Gasteiger partial charge in [0, 0.05) is 16.8 Å². The van der Waals surface area contributed by atoms with E-state index in [1.165, 1.54) is 16.0 Å². The highest BCUT2D eigenvalue weighted by atomic mass is 32.2. The van der Waals surface area contributed by atoms with Crippen molar-refractivity contribution in [2.45, 2.75) is 24.5 Å². The Labute approximate surface area is 112 Å². The first-order valence-electron chi connectivity index (χ1n) is 5.80. The molecule has 0 aliphatic heterocycles. The van der Waals surface area contributed by atoms with E-state index in [1.54, 1.807) is 18.0 Å². The minimum absolute atomic E-state index is 0.847. The third-order valence-corrected chi connectivity index (χ3v) is 3.90. The Bertz CT molecular complexity index is 540. The maximum atomic E-state index is 5.38. The van der Waals surface area contributed by atoms with Gasteiger partial charge in [0.05, 0.1) is 11.4 Å². The molecule has 4 heteroatoms. The lowest BCUT2D eigenvalue weighted by Gasteiger charge is -2.07. The molecule has 1 aromatic heterocycles. The number of hydrogen-bond acceptors (Lipinski definition) is 4. The molecule has 0 radical (unpaired) electrons. The number of aryl methyl sites for hydroxylation is 2. The molecule has 3 nitrogen and oxygen atoms in total. The Morgan fingerprint density at radius 2 is 2.06 bits per heavy atom. The summed E-state index contributed by atoms with van der Waals surface area (Å²) in [6, 6.07) is 10.3. The van der Waals surface area contributed by atoms with E-state index in [-0.39, 0.29) is 0 Å². The first-order chi connectivity index (χ1) is 8.69. The molecule has 0 atom stereocenters. The number of rotatable bonds is 4. The highest BCUT2D eigenvalue weighted by Gasteiger charge is 2.02. The number of nitrogens with zero attached hydrogens (tertiary/aromatic N) is 1. The Morgan fingerprint density at radius 1 is 1.22 bits per heavy atom. The predicted molar refractivity (Wildman–Crippen MR) is 77.5 cm³/mol. The van der Waals surface area contributed by atoms with Crippen LogP contribution in [-0.4, -0.2) is 4.98 Å². The molecule has 2 aromatic rings. The van der Waals surface area contributed by atoms with Crippen molar-refractivity contribution in [2.75, 3.05) is 5.43 Å². The van der Waals surface area contributed by atoms with Gasteiger partial charge in [-0.05, 0) is 37.6 Å². The summed E-state index contributed by atoms with van der Waals surface area (Å²) in [4.78, 5) is 5.63. The van der Waals surface area contributed by atoms with Crippen LogP contribution in [-0.2, 0) is 5.75 Å². The molecule has 0 amide bonds. The second-order valence-electron chi connectivity index (χ2n) is 4.24. The topological polar surface area (TPSA) is 50.9 Å². The van der Waals surface area contributed by atoms with Gasteiger partial charge >= 0.3 is 0 Å². The Balaban J connectivity index is 2.06. The van der Waals surface area contributed by atoms with Crippen molar-refractivity contribution in [3.05, 3.63) is 53.3 Å². The summed E-state index contributed by atoms with van der Waals surface area (Å²) in [7, 11) is 0. The summed E-state index contributed by atoms with van der Waals surface area (Å²) in [5, 5.41) is 0. The molecule has 0 saturated carbocycles. The van der Waals surface area contributed by atoms with Gasteiger partial charge in [0.1, 0.15) is 0 Å². The summed E-state index contributed by atoms with van der Waals surface area (Å²) in [6.07, 6.45) is 1.77. The van der Waals surface area contributed by atoms with E-state index in [0.29, 0.717) is 0 Å². The van der Waals surface area contributed by atoms with Crippen LogP contribution in [0.5, 0.6) is 0 Å². The van der Waals surface area contributed by atoms with Crippen LogP contribution in [0.25, 0.3) is 0 Å². The largest absolute Gasteiger partial charge is 0.324 e. The number of pyridine rings is 1. The molecular weight excluding hydrogens is 242 g/mol. The summed E-state index contributed by atoms with van der Waals surface area (Å²) in [6.45, 7) is 4.25. The molecule has 18 heavy (non-hydrogen) atoms. The highest BCUT2D eigenvalue weighted by molar-refractivity contribution is 7.98. The molecule has 0 bridgehead atoms. The number of nitrogens with one attached hydrogen (secondary N) is 1. The van der Waals surface area contributed by atoms with Crippen molar-refractivity contribution in [3.63, 3.8) is 0 Å². The third-order valence-electron chi connectivity index (χ3n) is 2.69. The monoisotopic (exact) mass is 259 g/mol. The summed E-state index contributed by atoms with van der Waals surface area (Å²) in [5.74, 6) is 6.23. The first-order valence-corrected chi connectivity index (χ1v) is 6.79. The van der Waals surface area contributed by atoms with Crippen molar-refractivity contribution in [1.29, 1.82) is 0 Å². The van der Waals surface area contributed by atoms with Gasteiger partial charge in [0.25, 0.3) is 0 Å². The second kappa shape index (κ2) is 5.89. The van der Waals surface area contributed by atoms with Gasteiger partial charge in [0.15, 0.2) is 0 Å². The molecule has 0 unspecified atom stereocenters. The first kappa shape index (κ1) is 12.9. The fourth-order valence-electron chi connectivity index (χ4n) is 1.76. The van der Waals surface area contributed by atoms with E-state index in [4.69, 9.17) is 5.84 Å². The number of thioether (sulfide) groups is 1. The van der Waals surface area contributed by atoms with Crippen LogP contribution < -0.4 is 11.3 Å². The molecular formula is C14H17N3S. The number of benzene rings is 1. The number of aromatic nitrogens is 1. The fourth-order valence-corrected chi connectivity index (χ4v) is 2.67. The predicted octanol–water partition coefficient (Wildman–Crippen LogP) is 3.28. The van der Waals surface area contributed by atoms with Crippen molar-refractivity contribution < 1.29 is 0 Å². The van der Waals surface area contributed by atoms with E-state index in [2.05, 4.69) is 42.5 Å². The number of hydrazine groups is 1. The van der Waals surface area contributed by atoms with E-state index < -0.39 is 0 Å². The third kappa shape index (κ3) is 3.24. The van der Waals surface area contributed by atoms with Crippen molar-refractivity contribution in [2.24, 2.45) is 5.84 Å². The number of anilines is 1. The molecule has 0 aliphatic carbocycles. The van der Waals surface area contributed by atoms with Gasteiger partial charge in [-0.15, -0.1) is 11.8 Å². The minimum atomic E-state index is 0.847. The molecule has 0 fully saturated rings. The summed E-state index contributed by atoms with van der Waals surface area (Å²) in [5.41, 5.74) is 7.16. The summed E-state index contributed by atoms with van der Waals surface area (Å²) < 4.78 is 0. The Hall–Kier alpha value is -1.52. The molecule has 1 heterocycles. The van der Waals surface area contributed by atoms with Gasteiger partial charge in [-0.1, -0.05) is 17.7 Å². The van der Waals surface area contributed by atoms with Gasteiger partial charge < -0.3 is 5.43 Å². The van der Waals surface area contributed by atoms with Gasteiger partial charge in [-0.3, -0.25) is 10.8 Å². The van der Waals surface area contributed by atoms with E-state index in [9.17, 15) is 0 Å². The van der Waals surface area contributed by atoms with Crippen LogP contribution in [0.2, 0.25) is 0 Å². The number of hydrogen-bond donors (Lipinski definition) is 2. The molecule has 1 aromatic carbocycles. The zero-order chi connectivity index (χ0) is 13.0. The van der Waals surface area contributed by atoms with Crippen LogP contribution in [0.1, 0.15) is 16.8 Å². The smallest absolute Gasteiger partial charge is 0.0527 e. The molecule has 0 aliphatic rings. The Morgan fingerprint density at radius 3 is 2.78 bits per heavy atom. The standard InChI is InChI=1S/C14H17N3S/c1-10-3-4-14(11(2)7-10)18-9-13-8-12(17-15)5-6-16-13/h3-8H,9,15H2,1-2H3,(H,16,17). The molecule has 0 saturated heterocycles. The van der Waals surface area contributed by atoms with Crippen LogP contribution in [0.15, 0.2) is 41.4 Å². The van der Waals surface area contributed by atoms with E-state index in [1.807, 2.05) is 12.1 Å². The lowest BCUT2D eigenvalue weighted by Crippen LogP contribution is -2.07. The molecule has 3 N–H and O–H groups in total. The lowest BCUT2D eigenvalue weighted by atomic mass is 10.2. The van der Waals surface area contributed by atoms with Crippen molar-refractivity contribution in [3.8, 4) is 0 Å². The molecule has 94 valence electrons. The molecule has 0 spiro atoms. The number of nitrogen functional groups attached to an aromatic ring is 1. The maximum Gasteiger partial charge on any atom is 0.0527 e. The van der Waals surface area contributed by atoms with Crippen LogP contribution in [0, 0.1) is 13.8 Å². The second-order valence-corrected chi connectivity index (χ2v) is 5.25. The fraction of sp³-hybridized carbons (Fsp3) is 0.214. The average Bonchev–Trinajstić information content (AvgIpc) is 2.38. The van der Waals surface area contributed by atoms with Crippen LogP contribution >= 0.6 is 11.8 Å². The van der Waals surface area contributed by atoms with Gasteiger partial charge in [0.2, 0.25) is 0 Å². The zero-order valence-corrected chi connectivity index (χ0v) is 11.4. The zero-order valence-electron chi connectivity index (χ0n) is 10.6. The minimum Gasteiger partial charge on any atom is -0.324 e. The quantitative estimate of drug-likeness (QED) is 0.502. The van der Waals surface area contributed by atoms with Gasteiger partial charge in [-0.25, -0.2) is 0 Å². The normalized spacial score (nSPS) is 10.4. The van der Waals surface area contributed by atoms with Crippen molar-refractivity contribution in [1.82, 2.24) is 4.98 Å². The van der Waals surface area contributed by atoms with E-state index >= 15 is 0 Å². The number of nitrogens with two attached hydrogens (primary N) is 1. The average molecular weight is 259 g/mol. The van der Waals surface area contributed by atoms with Crippen molar-refractivity contribution >= 4 is 17.4 Å². The maximum absolute atomic E-state index is 5.38. The SMILES string of the molecule is Cc1ccc(SCc2cc(NN)ccn2)c(C)c1. The van der Waals surface area contributed by atoms with E-state index in [0.717, 1.165) is 17.1 Å². The highest BCUT2D eigenvalue weighted by Crippen LogP contribution is 2.26. The molecule has 2 rings (SSSR count). The van der Waals surface area contributed by atoms with Crippen LogP contribution in [0.4, 0.5) is 5.69 Å².